The second-order valence-electron chi connectivity index (χ2n) is 4.32. The van der Waals surface area contributed by atoms with Crippen LogP contribution in [0.2, 0.25) is 0 Å². The number of nitrogens with zero attached hydrogens (tertiary/aromatic N) is 1. The summed E-state index contributed by atoms with van der Waals surface area (Å²) in [5.74, 6) is -0.0258. The van der Waals surface area contributed by atoms with Gasteiger partial charge in [0.15, 0.2) is 0 Å². The highest BCUT2D eigenvalue weighted by molar-refractivity contribution is 7.09. The normalized spacial score (nSPS) is 12.1. The van der Waals surface area contributed by atoms with Gasteiger partial charge in [0.1, 0.15) is 6.04 Å². The molecule has 0 saturated carbocycles. The number of nitrogens with two attached hydrogens (primary N) is 1. The number of carbonyl (C=O) groups is 1. The van der Waals surface area contributed by atoms with E-state index >= 15 is 0 Å². The number of thiophene rings is 1. The summed E-state index contributed by atoms with van der Waals surface area (Å²) < 4.78 is 0. The topological polar surface area (TPSA) is 46.3 Å². The standard InChI is InChI=1S/C15H18N2OS/c1-2-17(11-13-9-6-10-19-13)15(18)14(16)12-7-4-3-5-8-12/h3-10,14H,2,11,16H2,1H3/t14-/m0/s1. The summed E-state index contributed by atoms with van der Waals surface area (Å²) in [4.78, 5) is 15.4. The van der Waals surface area contributed by atoms with E-state index in [0.717, 1.165) is 5.56 Å². The van der Waals surface area contributed by atoms with E-state index in [1.807, 2.05) is 54.8 Å². The Bertz CT molecular complexity index is 510. The Labute approximate surface area is 117 Å². The predicted octanol–water partition coefficient (Wildman–Crippen LogP) is 2.80. The summed E-state index contributed by atoms with van der Waals surface area (Å²) in [5.41, 5.74) is 6.91. The molecule has 0 unspecified atom stereocenters. The van der Waals surface area contributed by atoms with Gasteiger partial charge in [0, 0.05) is 11.4 Å². The van der Waals surface area contributed by atoms with Gasteiger partial charge in [-0.15, -0.1) is 11.3 Å². The van der Waals surface area contributed by atoms with Gasteiger partial charge in [-0.1, -0.05) is 36.4 Å². The minimum atomic E-state index is -0.582. The first-order valence-corrected chi connectivity index (χ1v) is 7.22. The zero-order chi connectivity index (χ0) is 13.7. The lowest BCUT2D eigenvalue weighted by molar-refractivity contribution is -0.133. The summed E-state index contributed by atoms with van der Waals surface area (Å²) in [6, 6.07) is 13.0. The van der Waals surface area contributed by atoms with Crippen molar-refractivity contribution in [1.82, 2.24) is 4.90 Å². The molecule has 2 rings (SSSR count). The third-order valence-electron chi connectivity index (χ3n) is 3.04. The Morgan fingerprint density at radius 3 is 2.58 bits per heavy atom. The molecular formula is C15H18N2OS. The second kappa shape index (κ2) is 6.50. The molecule has 1 aromatic carbocycles. The van der Waals surface area contributed by atoms with E-state index in [1.54, 1.807) is 16.2 Å². The molecule has 0 aliphatic heterocycles. The summed E-state index contributed by atoms with van der Waals surface area (Å²) in [5, 5.41) is 2.02. The molecule has 1 aromatic heterocycles. The van der Waals surface area contributed by atoms with Crippen LogP contribution in [0.3, 0.4) is 0 Å². The predicted molar refractivity (Wildman–Crippen MR) is 78.8 cm³/mol. The van der Waals surface area contributed by atoms with Gasteiger partial charge >= 0.3 is 0 Å². The van der Waals surface area contributed by atoms with Crippen LogP contribution in [0.15, 0.2) is 47.8 Å². The van der Waals surface area contributed by atoms with Crippen LogP contribution in [0.1, 0.15) is 23.4 Å². The molecule has 100 valence electrons. The lowest BCUT2D eigenvalue weighted by atomic mass is 10.1. The van der Waals surface area contributed by atoms with Gasteiger partial charge in [-0.25, -0.2) is 0 Å². The monoisotopic (exact) mass is 274 g/mol. The highest BCUT2D eigenvalue weighted by atomic mass is 32.1. The summed E-state index contributed by atoms with van der Waals surface area (Å²) in [6.07, 6.45) is 0. The zero-order valence-electron chi connectivity index (χ0n) is 11.0. The minimum Gasteiger partial charge on any atom is -0.336 e. The number of amides is 1. The maximum Gasteiger partial charge on any atom is 0.244 e. The molecule has 4 heteroatoms. The van der Waals surface area contributed by atoms with Crippen molar-refractivity contribution in [2.75, 3.05) is 6.54 Å². The zero-order valence-corrected chi connectivity index (χ0v) is 11.8. The van der Waals surface area contributed by atoms with Crippen LogP contribution in [0.25, 0.3) is 0 Å². The molecule has 0 radical (unpaired) electrons. The third kappa shape index (κ3) is 3.43. The van der Waals surface area contributed by atoms with E-state index in [2.05, 4.69) is 0 Å². The number of hydrogen-bond donors (Lipinski definition) is 1. The molecule has 0 saturated heterocycles. The molecule has 0 bridgehead atoms. The molecule has 1 heterocycles. The van der Waals surface area contributed by atoms with E-state index in [4.69, 9.17) is 5.73 Å². The first-order valence-electron chi connectivity index (χ1n) is 6.34. The maximum absolute atomic E-state index is 12.4. The molecular weight excluding hydrogens is 256 g/mol. The van der Waals surface area contributed by atoms with Gasteiger partial charge in [0.25, 0.3) is 0 Å². The average Bonchev–Trinajstić information content (AvgIpc) is 2.97. The van der Waals surface area contributed by atoms with Crippen molar-refractivity contribution in [3.8, 4) is 0 Å². The van der Waals surface area contributed by atoms with Gasteiger partial charge in [-0.3, -0.25) is 4.79 Å². The Morgan fingerprint density at radius 1 is 1.26 bits per heavy atom. The van der Waals surface area contributed by atoms with Gasteiger partial charge in [-0.05, 0) is 23.9 Å². The molecule has 3 nitrogen and oxygen atoms in total. The van der Waals surface area contributed by atoms with Gasteiger partial charge < -0.3 is 10.6 Å². The molecule has 0 aliphatic carbocycles. The van der Waals surface area contributed by atoms with Crippen molar-refractivity contribution in [3.05, 3.63) is 58.3 Å². The number of rotatable bonds is 5. The lowest BCUT2D eigenvalue weighted by Gasteiger charge is -2.24. The fraction of sp³-hybridized carbons (Fsp3) is 0.267. The molecule has 19 heavy (non-hydrogen) atoms. The summed E-state index contributed by atoms with van der Waals surface area (Å²) in [6.45, 7) is 3.27. The van der Waals surface area contributed by atoms with Crippen molar-refractivity contribution < 1.29 is 4.79 Å². The maximum atomic E-state index is 12.4. The molecule has 1 atom stereocenters. The number of hydrogen-bond acceptors (Lipinski definition) is 3. The van der Waals surface area contributed by atoms with E-state index in [1.165, 1.54) is 4.88 Å². The van der Waals surface area contributed by atoms with E-state index in [-0.39, 0.29) is 5.91 Å². The average molecular weight is 274 g/mol. The number of carbonyl (C=O) groups excluding carboxylic acids is 1. The SMILES string of the molecule is CCN(Cc1cccs1)C(=O)[C@@H](N)c1ccccc1. The van der Waals surface area contributed by atoms with Crippen molar-refractivity contribution in [2.45, 2.75) is 19.5 Å². The second-order valence-corrected chi connectivity index (χ2v) is 5.35. The van der Waals surface area contributed by atoms with Crippen molar-refractivity contribution in [2.24, 2.45) is 5.73 Å². The first-order chi connectivity index (χ1) is 9.22. The fourth-order valence-electron chi connectivity index (χ4n) is 1.94. The van der Waals surface area contributed by atoms with Gasteiger partial charge in [-0.2, -0.15) is 0 Å². The first kappa shape index (κ1) is 13.8. The molecule has 2 N–H and O–H groups in total. The van der Waals surface area contributed by atoms with Crippen LogP contribution in [0.5, 0.6) is 0 Å². The van der Waals surface area contributed by atoms with Crippen LogP contribution in [-0.4, -0.2) is 17.4 Å². The van der Waals surface area contributed by atoms with Gasteiger partial charge in [0.2, 0.25) is 5.91 Å². The Balaban J connectivity index is 2.08. The molecule has 0 spiro atoms. The quantitative estimate of drug-likeness (QED) is 0.911. The van der Waals surface area contributed by atoms with Crippen LogP contribution >= 0.6 is 11.3 Å². The Hall–Kier alpha value is -1.65. The highest BCUT2D eigenvalue weighted by Gasteiger charge is 2.21. The number of benzene rings is 1. The van der Waals surface area contributed by atoms with Crippen LogP contribution in [0.4, 0.5) is 0 Å². The molecule has 1 amide bonds. The Kier molecular flexibility index (Phi) is 4.71. The smallest absolute Gasteiger partial charge is 0.244 e. The Morgan fingerprint density at radius 2 is 2.00 bits per heavy atom. The van der Waals surface area contributed by atoms with E-state index < -0.39 is 6.04 Å². The minimum absolute atomic E-state index is 0.0258. The third-order valence-corrected chi connectivity index (χ3v) is 3.91. The number of likely N-dealkylation sites (N-methyl/N-ethyl adjacent to an activating group) is 1. The lowest BCUT2D eigenvalue weighted by Crippen LogP contribution is -2.37. The van der Waals surface area contributed by atoms with Crippen molar-refractivity contribution >= 4 is 17.2 Å². The van der Waals surface area contributed by atoms with Crippen LogP contribution < -0.4 is 5.73 Å². The van der Waals surface area contributed by atoms with Crippen LogP contribution in [-0.2, 0) is 11.3 Å². The van der Waals surface area contributed by atoms with Crippen molar-refractivity contribution in [3.63, 3.8) is 0 Å². The fourth-order valence-corrected chi connectivity index (χ4v) is 2.66. The summed E-state index contributed by atoms with van der Waals surface area (Å²) in [7, 11) is 0. The molecule has 0 fully saturated rings. The van der Waals surface area contributed by atoms with Gasteiger partial charge in [0.05, 0.1) is 6.54 Å². The molecule has 2 aromatic rings. The van der Waals surface area contributed by atoms with E-state index in [9.17, 15) is 4.79 Å². The summed E-state index contributed by atoms with van der Waals surface area (Å²) >= 11 is 1.66. The molecule has 0 aliphatic rings. The largest absolute Gasteiger partial charge is 0.336 e. The highest BCUT2D eigenvalue weighted by Crippen LogP contribution is 2.17. The van der Waals surface area contributed by atoms with Crippen LogP contribution in [0, 0.1) is 0 Å². The van der Waals surface area contributed by atoms with E-state index in [0.29, 0.717) is 13.1 Å². The van der Waals surface area contributed by atoms with Crippen molar-refractivity contribution in [1.29, 1.82) is 0 Å².